The maximum Gasteiger partial charge on any atom is 0.311 e. The zero-order valence-corrected chi connectivity index (χ0v) is 14.7. The number of carboxylic acid groups (broad SMARTS) is 1. The summed E-state index contributed by atoms with van der Waals surface area (Å²) in [5.74, 6) is -0.575. The molecule has 0 spiro atoms. The number of hydrogen-bond acceptors (Lipinski definition) is 3. The molecule has 5 heteroatoms. The first-order valence-corrected chi connectivity index (χ1v) is 8.65. The average Bonchev–Trinajstić information content (AvgIpc) is 3.00. The van der Waals surface area contributed by atoms with E-state index in [2.05, 4.69) is 17.4 Å². The van der Waals surface area contributed by atoms with Crippen LogP contribution >= 0.6 is 0 Å². The number of likely N-dealkylation sites (tertiary alicyclic amines) is 1. The molecule has 1 amide bonds. The van der Waals surface area contributed by atoms with E-state index in [0.717, 1.165) is 36.1 Å². The molecule has 1 aliphatic heterocycles. The Balaban J connectivity index is 1.66. The van der Waals surface area contributed by atoms with Crippen molar-refractivity contribution in [2.45, 2.75) is 40.0 Å². The van der Waals surface area contributed by atoms with Crippen molar-refractivity contribution in [3.8, 4) is 0 Å². The maximum absolute atomic E-state index is 12.5. The third-order valence-electron chi connectivity index (χ3n) is 5.68. The van der Waals surface area contributed by atoms with Crippen LogP contribution in [0.5, 0.6) is 0 Å². The van der Waals surface area contributed by atoms with E-state index in [1.165, 1.54) is 5.56 Å². The Morgan fingerprint density at radius 1 is 1.29 bits per heavy atom. The lowest BCUT2D eigenvalue weighted by atomic mass is 9.81. The molecule has 2 fully saturated rings. The van der Waals surface area contributed by atoms with Crippen molar-refractivity contribution in [1.82, 2.24) is 4.90 Å². The highest BCUT2D eigenvalue weighted by molar-refractivity contribution is 5.94. The van der Waals surface area contributed by atoms with Gasteiger partial charge in [-0.2, -0.15) is 0 Å². The molecule has 0 aromatic heterocycles. The Labute approximate surface area is 143 Å². The lowest BCUT2D eigenvalue weighted by molar-refractivity contribution is -0.149. The van der Waals surface area contributed by atoms with Gasteiger partial charge in [-0.1, -0.05) is 24.1 Å². The average molecular weight is 330 g/mol. The van der Waals surface area contributed by atoms with Crippen LogP contribution in [0, 0.1) is 32.1 Å². The molecule has 1 saturated heterocycles. The van der Waals surface area contributed by atoms with E-state index in [1.54, 1.807) is 0 Å². The number of aryl methyl sites for hydroxylation is 3. The Bertz CT molecular complexity index is 662. The van der Waals surface area contributed by atoms with Gasteiger partial charge in [0.2, 0.25) is 5.91 Å². The summed E-state index contributed by atoms with van der Waals surface area (Å²) in [6.07, 6.45) is 2.68. The smallest absolute Gasteiger partial charge is 0.311 e. The van der Waals surface area contributed by atoms with E-state index in [1.807, 2.05) is 25.7 Å². The van der Waals surface area contributed by atoms with Crippen molar-refractivity contribution < 1.29 is 14.7 Å². The monoisotopic (exact) mass is 330 g/mol. The summed E-state index contributed by atoms with van der Waals surface area (Å²) in [6, 6.07) is 4.12. The van der Waals surface area contributed by atoms with Crippen LogP contribution in [0.2, 0.25) is 0 Å². The molecule has 1 saturated carbocycles. The zero-order chi connectivity index (χ0) is 17.5. The number of fused-ring (bicyclic) bond motifs is 1. The van der Waals surface area contributed by atoms with Crippen molar-refractivity contribution in [1.29, 1.82) is 0 Å². The molecule has 2 aliphatic rings. The number of nitrogens with zero attached hydrogens (tertiary/aromatic N) is 1. The second-order valence-corrected chi connectivity index (χ2v) is 7.54. The summed E-state index contributed by atoms with van der Waals surface area (Å²) in [7, 11) is 0. The topological polar surface area (TPSA) is 69.6 Å². The highest BCUT2D eigenvalue weighted by Gasteiger charge is 2.54. The summed E-state index contributed by atoms with van der Waals surface area (Å²) in [5.41, 5.74) is 3.54. The molecule has 0 radical (unpaired) electrons. The van der Waals surface area contributed by atoms with Crippen LogP contribution in [0.4, 0.5) is 5.69 Å². The van der Waals surface area contributed by atoms with Crippen LogP contribution in [0.3, 0.4) is 0 Å². The van der Waals surface area contributed by atoms with E-state index in [4.69, 9.17) is 0 Å². The fraction of sp³-hybridized carbons (Fsp3) is 0.579. The predicted octanol–water partition coefficient (Wildman–Crippen LogP) is 2.74. The Morgan fingerprint density at radius 2 is 1.96 bits per heavy atom. The molecule has 3 rings (SSSR count). The van der Waals surface area contributed by atoms with Crippen LogP contribution in [-0.4, -0.2) is 41.5 Å². The second-order valence-electron chi connectivity index (χ2n) is 7.54. The lowest BCUT2D eigenvalue weighted by Crippen LogP contribution is -2.37. The van der Waals surface area contributed by atoms with E-state index >= 15 is 0 Å². The molecular formula is C19H26N2O3. The number of amides is 1. The lowest BCUT2D eigenvalue weighted by Gasteiger charge is -2.23. The van der Waals surface area contributed by atoms with Gasteiger partial charge in [0.05, 0.1) is 12.0 Å². The molecule has 24 heavy (non-hydrogen) atoms. The van der Waals surface area contributed by atoms with E-state index < -0.39 is 11.4 Å². The fourth-order valence-electron chi connectivity index (χ4n) is 4.62. The third-order valence-corrected chi connectivity index (χ3v) is 5.68. The number of carboxylic acids is 1. The second kappa shape index (κ2) is 6.20. The molecule has 5 nitrogen and oxygen atoms in total. The van der Waals surface area contributed by atoms with Gasteiger partial charge in [0.15, 0.2) is 0 Å². The van der Waals surface area contributed by atoms with E-state index in [0.29, 0.717) is 13.1 Å². The predicted molar refractivity (Wildman–Crippen MR) is 93.1 cm³/mol. The normalized spacial score (nSPS) is 26.4. The summed E-state index contributed by atoms with van der Waals surface area (Å²) in [5, 5.41) is 12.6. The Morgan fingerprint density at radius 3 is 2.54 bits per heavy atom. The van der Waals surface area contributed by atoms with Gasteiger partial charge >= 0.3 is 5.97 Å². The Kier molecular flexibility index (Phi) is 4.38. The van der Waals surface area contributed by atoms with Gasteiger partial charge in [0.1, 0.15) is 0 Å². The first kappa shape index (κ1) is 17.0. The van der Waals surface area contributed by atoms with Crippen LogP contribution < -0.4 is 5.32 Å². The number of hydrogen-bond donors (Lipinski definition) is 2. The van der Waals surface area contributed by atoms with Crippen molar-refractivity contribution in [2.24, 2.45) is 11.3 Å². The summed E-state index contributed by atoms with van der Waals surface area (Å²) in [4.78, 5) is 26.2. The van der Waals surface area contributed by atoms with Crippen LogP contribution in [-0.2, 0) is 9.59 Å². The minimum atomic E-state index is -0.696. The van der Waals surface area contributed by atoms with E-state index in [9.17, 15) is 14.7 Å². The first-order chi connectivity index (χ1) is 11.3. The quantitative estimate of drug-likeness (QED) is 0.890. The number of carbonyl (C=O) groups is 2. The first-order valence-electron chi connectivity index (χ1n) is 8.65. The molecule has 2 atom stereocenters. The largest absolute Gasteiger partial charge is 0.481 e. The van der Waals surface area contributed by atoms with E-state index in [-0.39, 0.29) is 18.4 Å². The van der Waals surface area contributed by atoms with Crippen molar-refractivity contribution in [3.63, 3.8) is 0 Å². The summed E-state index contributed by atoms with van der Waals surface area (Å²) in [6.45, 7) is 7.50. The van der Waals surface area contributed by atoms with Crippen molar-refractivity contribution in [2.75, 3.05) is 25.0 Å². The van der Waals surface area contributed by atoms with Gasteiger partial charge in [0, 0.05) is 18.8 Å². The van der Waals surface area contributed by atoms with Gasteiger partial charge in [-0.05, 0) is 50.7 Å². The maximum atomic E-state index is 12.5. The molecule has 0 bridgehead atoms. The van der Waals surface area contributed by atoms with Crippen molar-refractivity contribution >= 4 is 17.6 Å². The van der Waals surface area contributed by atoms with Crippen LogP contribution in [0.15, 0.2) is 12.1 Å². The van der Waals surface area contributed by atoms with Crippen LogP contribution in [0.1, 0.15) is 36.0 Å². The number of carbonyl (C=O) groups excluding carboxylic acids is 1. The molecule has 1 aliphatic carbocycles. The number of nitrogens with one attached hydrogen (secondary N) is 1. The van der Waals surface area contributed by atoms with Gasteiger partial charge in [-0.15, -0.1) is 0 Å². The highest BCUT2D eigenvalue weighted by atomic mass is 16.4. The third kappa shape index (κ3) is 2.93. The summed E-state index contributed by atoms with van der Waals surface area (Å²) < 4.78 is 0. The molecule has 0 unspecified atom stereocenters. The molecule has 130 valence electrons. The fourth-order valence-corrected chi connectivity index (χ4v) is 4.62. The SMILES string of the molecule is Cc1cc(C)c(NC(=O)CN2C[C@@H]3CCC[C@@]3(C(=O)O)C2)c(C)c1. The number of rotatable bonds is 4. The number of anilines is 1. The highest BCUT2D eigenvalue weighted by Crippen LogP contribution is 2.48. The Hall–Kier alpha value is -1.88. The summed E-state index contributed by atoms with van der Waals surface area (Å²) >= 11 is 0. The number of aliphatic carboxylic acids is 1. The molecular weight excluding hydrogens is 304 g/mol. The zero-order valence-electron chi connectivity index (χ0n) is 14.7. The van der Waals surface area contributed by atoms with Gasteiger partial charge in [-0.25, -0.2) is 0 Å². The van der Waals surface area contributed by atoms with Gasteiger partial charge in [0.25, 0.3) is 0 Å². The van der Waals surface area contributed by atoms with Gasteiger partial charge in [-0.3, -0.25) is 14.5 Å². The van der Waals surface area contributed by atoms with Crippen molar-refractivity contribution in [3.05, 3.63) is 28.8 Å². The molecule has 1 aromatic carbocycles. The molecule has 1 aromatic rings. The molecule has 1 heterocycles. The van der Waals surface area contributed by atoms with Gasteiger partial charge < -0.3 is 10.4 Å². The minimum absolute atomic E-state index is 0.0643. The standard InChI is InChI=1S/C19H26N2O3/c1-12-7-13(2)17(14(3)8-12)20-16(22)10-21-9-15-5-4-6-19(15,11-21)18(23)24/h7-8,15H,4-6,9-11H2,1-3H3,(H,20,22)(H,23,24)/t15-,19+/m0/s1. The molecule has 2 N–H and O–H groups in total. The van der Waals surface area contributed by atoms with Crippen LogP contribution in [0.25, 0.3) is 0 Å². The minimum Gasteiger partial charge on any atom is -0.481 e. The number of benzene rings is 1.